The number of anilines is 3. The minimum Gasteiger partial charge on any atom is -0.495 e. The van der Waals surface area contributed by atoms with Crippen molar-refractivity contribution < 1.29 is 9.47 Å². The van der Waals surface area contributed by atoms with E-state index in [9.17, 15) is 0 Å². The van der Waals surface area contributed by atoms with Gasteiger partial charge in [-0.15, -0.1) is 0 Å². The Balaban J connectivity index is 1.76. The van der Waals surface area contributed by atoms with Gasteiger partial charge in [0.1, 0.15) is 29.5 Å². The van der Waals surface area contributed by atoms with Gasteiger partial charge in [0.05, 0.1) is 24.9 Å². The molecule has 0 unspecified atom stereocenters. The molecule has 0 bridgehead atoms. The number of hydrogen-bond donors (Lipinski definition) is 2. The molecule has 140 valence electrons. The van der Waals surface area contributed by atoms with Crippen molar-refractivity contribution in [2.24, 2.45) is 0 Å². The first kappa shape index (κ1) is 18.6. The minimum atomic E-state index is 0.477. The lowest BCUT2D eigenvalue weighted by Gasteiger charge is -2.17. The number of hydrogen-bond acceptors (Lipinski definition) is 6. The first-order valence-corrected chi connectivity index (χ1v) is 9.34. The quantitative estimate of drug-likeness (QED) is 0.689. The number of methoxy groups -OCH3 is 2. The molecule has 0 spiro atoms. The number of halogens is 1. The van der Waals surface area contributed by atoms with Crippen LogP contribution in [0.1, 0.15) is 38.5 Å². The average Bonchev–Trinajstić information content (AvgIpc) is 2.92. The van der Waals surface area contributed by atoms with Crippen LogP contribution in [0.25, 0.3) is 0 Å². The number of aromatic nitrogens is 2. The summed E-state index contributed by atoms with van der Waals surface area (Å²) in [5, 5.41) is 7.29. The number of ether oxygens (including phenoxy) is 2. The summed E-state index contributed by atoms with van der Waals surface area (Å²) in [5.41, 5.74) is 0.730. The van der Waals surface area contributed by atoms with E-state index in [0.717, 1.165) is 11.5 Å². The van der Waals surface area contributed by atoms with Crippen LogP contribution in [0, 0.1) is 0 Å². The van der Waals surface area contributed by atoms with E-state index in [1.165, 1.54) is 38.5 Å². The van der Waals surface area contributed by atoms with E-state index in [1.54, 1.807) is 32.7 Å². The lowest BCUT2D eigenvalue weighted by Crippen LogP contribution is -2.19. The lowest BCUT2D eigenvalue weighted by atomic mass is 10.1. The van der Waals surface area contributed by atoms with Crippen molar-refractivity contribution in [2.75, 3.05) is 24.9 Å². The number of rotatable bonds is 6. The van der Waals surface area contributed by atoms with Crippen molar-refractivity contribution in [1.29, 1.82) is 0 Å². The van der Waals surface area contributed by atoms with Crippen molar-refractivity contribution >= 4 is 28.9 Å². The van der Waals surface area contributed by atoms with Crippen molar-refractivity contribution in [3.05, 3.63) is 29.5 Å². The van der Waals surface area contributed by atoms with Gasteiger partial charge in [-0.3, -0.25) is 0 Å². The summed E-state index contributed by atoms with van der Waals surface area (Å²) >= 11 is 6.16. The molecule has 26 heavy (non-hydrogen) atoms. The predicted molar refractivity (Wildman–Crippen MR) is 105 cm³/mol. The number of nitrogens with zero attached hydrogens (tertiary/aromatic N) is 2. The summed E-state index contributed by atoms with van der Waals surface area (Å²) < 4.78 is 10.7. The van der Waals surface area contributed by atoms with E-state index in [1.807, 2.05) is 6.07 Å². The molecule has 0 amide bonds. The molecule has 0 saturated heterocycles. The maximum Gasteiger partial charge on any atom is 0.144 e. The van der Waals surface area contributed by atoms with Crippen LogP contribution in [-0.2, 0) is 0 Å². The lowest BCUT2D eigenvalue weighted by molar-refractivity contribution is 0.405. The van der Waals surface area contributed by atoms with Crippen LogP contribution in [0.5, 0.6) is 11.5 Å². The van der Waals surface area contributed by atoms with E-state index in [0.29, 0.717) is 28.4 Å². The Bertz CT molecular complexity index is 733. The van der Waals surface area contributed by atoms with Gasteiger partial charge in [0.2, 0.25) is 0 Å². The van der Waals surface area contributed by atoms with Gasteiger partial charge in [-0.2, -0.15) is 0 Å². The molecule has 6 nitrogen and oxygen atoms in total. The van der Waals surface area contributed by atoms with E-state index in [-0.39, 0.29) is 0 Å². The summed E-state index contributed by atoms with van der Waals surface area (Å²) in [7, 11) is 3.18. The fourth-order valence-electron chi connectivity index (χ4n) is 3.23. The summed E-state index contributed by atoms with van der Waals surface area (Å²) in [6.45, 7) is 0. The second-order valence-electron chi connectivity index (χ2n) is 6.43. The van der Waals surface area contributed by atoms with Crippen molar-refractivity contribution in [3.63, 3.8) is 0 Å². The molecule has 7 heteroatoms. The van der Waals surface area contributed by atoms with Crippen LogP contribution in [0.3, 0.4) is 0 Å². The summed E-state index contributed by atoms with van der Waals surface area (Å²) in [4.78, 5) is 8.66. The smallest absolute Gasteiger partial charge is 0.144 e. The topological polar surface area (TPSA) is 68.3 Å². The Morgan fingerprint density at radius 2 is 1.62 bits per heavy atom. The molecule has 3 rings (SSSR count). The Labute approximate surface area is 159 Å². The van der Waals surface area contributed by atoms with Gasteiger partial charge in [0.25, 0.3) is 0 Å². The highest BCUT2D eigenvalue weighted by Gasteiger charge is 2.14. The zero-order valence-electron chi connectivity index (χ0n) is 15.2. The molecule has 0 radical (unpaired) electrons. The third-order valence-corrected chi connectivity index (χ3v) is 4.91. The van der Waals surface area contributed by atoms with Crippen LogP contribution in [0.15, 0.2) is 24.5 Å². The Morgan fingerprint density at radius 1 is 0.923 bits per heavy atom. The van der Waals surface area contributed by atoms with Crippen molar-refractivity contribution in [1.82, 2.24) is 9.97 Å². The zero-order chi connectivity index (χ0) is 18.4. The van der Waals surface area contributed by atoms with E-state index in [2.05, 4.69) is 20.6 Å². The van der Waals surface area contributed by atoms with Gasteiger partial charge >= 0.3 is 0 Å². The normalized spacial score (nSPS) is 15.2. The molecule has 0 aliphatic heterocycles. The largest absolute Gasteiger partial charge is 0.495 e. The van der Waals surface area contributed by atoms with Gasteiger partial charge in [-0.1, -0.05) is 37.3 Å². The third-order valence-electron chi connectivity index (χ3n) is 4.61. The molecular weight excluding hydrogens is 352 g/mol. The predicted octanol–water partition coefficient (Wildman–Crippen LogP) is 5.03. The number of nitrogens with one attached hydrogen (secondary N) is 2. The second-order valence-corrected chi connectivity index (χ2v) is 6.84. The molecule has 1 saturated carbocycles. The van der Waals surface area contributed by atoms with E-state index < -0.39 is 0 Å². The summed E-state index contributed by atoms with van der Waals surface area (Å²) in [5.74, 6) is 2.70. The summed E-state index contributed by atoms with van der Waals surface area (Å²) in [6.07, 6.45) is 9.14. The monoisotopic (exact) mass is 376 g/mol. The molecular formula is C19H25ClN4O2. The molecule has 1 fully saturated rings. The zero-order valence-corrected chi connectivity index (χ0v) is 16.0. The molecule has 1 aliphatic carbocycles. The SMILES string of the molecule is COc1cc(Nc2cc(NC3CCCCCC3)ncn2)c(OC)cc1Cl. The van der Waals surface area contributed by atoms with Crippen molar-refractivity contribution in [2.45, 2.75) is 44.6 Å². The minimum absolute atomic E-state index is 0.477. The van der Waals surface area contributed by atoms with Crippen LogP contribution in [-0.4, -0.2) is 30.2 Å². The molecule has 1 aliphatic rings. The standard InChI is InChI=1S/C19H25ClN4O2/c1-25-16-10-15(17(26-2)9-14(16)20)24-19-11-18(21-12-22-19)23-13-7-5-3-4-6-8-13/h9-13H,3-8H2,1-2H3,(H2,21,22,23,24). The van der Waals surface area contributed by atoms with Crippen LogP contribution in [0.2, 0.25) is 5.02 Å². The van der Waals surface area contributed by atoms with E-state index >= 15 is 0 Å². The first-order chi connectivity index (χ1) is 12.7. The van der Waals surface area contributed by atoms with Gasteiger partial charge in [-0.05, 0) is 12.8 Å². The van der Waals surface area contributed by atoms with Gasteiger partial charge in [0.15, 0.2) is 0 Å². The molecule has 1 aromatic carbocycles. The molecule has 0 atom stereocenters. The molecule has 1 aromatic heterocycles. The van der Waals surface area contributed by atoms with Crippen molar-refractivity contribution in [3.8, 4) is 11.5 Å². The van der Waals surface area contributed by atoms with Gasteiger partial charge < -0.3 is 20.1 Å². The molecule has 1 heterocycles. The maximum atomic E-state index is 6.16. The average molecular weight is 377 g/mol. The van der Waals surface area contributed by atoms with Gasteiger partial charge in [-0.25, -0.2) is 9.97 Å². The van der Waals surface area contributed by atoms with Crippen LogP contribution >= 0.6 is 11.6 Å². The highest BCUT2D eigenvalue weighted by molar-refractivity contribution is 6.32. The maximum absolute atomic E-state index is 6.16. The second kappa shape index (κ2) is 8.94. The van der Waals surface area contributed by atoms with Crippen LogP contribution < -0.4 is 20.1 Å². The molecule has 2 aromatic rings. The Hall–Kier alpha value is -2.21. The van der Waals surface area contributed by atoms with Gasteiger partial charge in [0, 0.05) is 24.2 Å². The highest BCUT2D eigenvalue weighted by Crippen LogP contribution is 2.37. The molecule has 2 N–H and O–H groups in total. The highest BCUT2D eigenvalue weighted by atomic mass is 35.5. The Morgan fingerprint density at radius 3 is 2.31 bits per heavy atom. The van der Waals surface area contributed by atoms with E-state index in [4.69, 9.17) is 21.1 Å². The summed E-state index contributed by atoms with van der Waals surface area (Å²) in [6, 6.07) is 5.90. The fraction of sp³-hybridized carbons (Fsp3) is 0.474. The first-order valence-electron chi connectivity index (χ1n) is 8.96. The number of benzene rings is 1. The fourth-order valence-corrected chi connectivity index (χ4v) is 3.46. The Kier molecular flexibility index (Phi) is 6.39. The third kappa shape index (κ3) is 4.69. The van der Waals surface area contributed by atoms with Crippen LogP contribution in [0.4, 0.5) is 17.3 Å².